The Labute approximate surface area is 190 Å². The Morgan fingerprint density at radius 1 is 1.09 bits per heavy atom. The third kappa shape index (κ3) is 5.17. The molecule has 0 aliphatic carbocycles. The molecule has 1 saturated heterocycles. The van der Waals surface area contributed by atoms with E-state index in [0.717, 1.165) is 5.56 Å². The quantitative estimate of drug-likeness (QED) is 0.458. The molecule has 2 amide bonds. The van der Waals surface area contributed by atoms with Crippen LogP contribution < -0.4 is 10.2 Å². The van der Waals surface area contributed by atoms with E-state index < -0.39 is 10.8 Å². The second-order valence-corrected chi connectivity index (χ2v) is 7.82. The van der Waals surface area contributed by atoms with Crippen molar-refractivity contribution in [1.29, 1.82) is 0 Å². The first-order chi connectivity index (χ1) is 15.9. The third-order valence-corrected chi connectivity index (χ3v) is 5.58. The van der Waals surface area contributed by atoms with Crippen LogP contribution in [0.25, 0.3) is 0 Å². The summed E-state index contributed by atoms with van der Waals surface area (Å²) >= 11 is 0. The zero-order valence-corrected chi connectivity index (χ0v) is 18.2. The standard InChI is InChI=1S/C23H24N6O4/c1-17(30)26-9-11-27(12-10-26)21-8-7-19(13-22(21)29(32)33)23(31)25-20-14-24-28(16-20)15-18-5-3-2-4-6-18/h2-8,13-14,16H,9-12,15H2,1H3,(H,25,31). The Kier molecular flexibility index (Phi) is 6.34. The number of carbonyl (C=O) groups excluding carboxylic acids is 2. The van der Waals surface area contributed by atoms with Crippen molar-refractivity contribution in [1.82, 2.24) is 14.7 Å². The fourth-order valence-corrected chi connectivity index (χ4v) is 3.83. The van der Waals surface area contributed by atoms with Crippen LogP contribution in [0.5, 0.6) is 0 Å². The van der Waals surface area contributed by atoms with Crippen LogP contribution in [0.2, 0.25) is 0 Å². The van der Waals surface area contributed by atoms with Gasteiger partial charge in [-0.3, -0.25) is 24.4 Å². The largest absolute Gasteiger partial charge is 0.362 e. The normalized spacial score (nSPS) is 13.6. The van der Waals surface area contributed by atoms with Crippen molar-refractivity contribution >= 4 is 28.9 Å². The van der Waals surface area contributed by atoms with E-state index in [2.05, 4.69) is 10.4 Å². The lowest BCUT2D eigenvalue weighted by atomic mass is 10.1. The number of nitrogens with zero attached hydrogens (tertiary/aromatic N) is 5. The molecule has 1 aliphatic heterocycles. The summed E-state index contributed by atoms with van der Waals surface area (Å²) in [5.74, 6) is -0.464. The fraction of sp³-hybridized carbons (Fsp3) is 0.261. The number of nitro benzene ring substituents is 1. The van der Waals surface area contributed by atoms with Crippen molar-refractivity contribution in [2.45, 2.75) is 13.5 Å². The molecule has 4 rings (SSSR count). The third-order valence-electron chi connectivity index (χ3n) is 5.58. The summed E-state index contributed by atoms with van der Waals surface area (Å²) < 4.78 is 1.71. The Bertz CT molecular complexity index is 1170. The first kappa shape index (κ1) is 22.0. The van der Waals surface area contributed by atoms with Crippen LogP contribution in [0.15, 0.2) is 60.9 Å². The number of anilines is 2. The number of piperazine rings is 1. The molecule has 10 nitrogen and oxygen atoms in total. The summed E-state index contributed by atoms with van der Waals surface area (Å²) in [6.45, 7) is 4.06. The molecule has 0 radical (unpaired) electrons. The number of rotatable bonds is 6. The van der Waals surface area contributed by atoms with E-state index in [-0.39, 0.29) is 17.2 Å². The maximum absolute atomic E-state index is 12.7. The predicted molar refractivity (Wildman–Crippen MR) is 123 cm³/mol. The smallest absolute Gasteiger partial charge is 0.293 e. The number of amides is 2. The van der Waals surface area contributed by atoms with Crippen molar-refractivity contribution in [2.24, 2.45) is 0 Å². The average Bonchev–Trinajstić information content (AvgIpc) is 3.25. The molecule has 0 bridgehead atoms. The maximum Gasteiger partial charge on any atom is 0.293 e. The van der Waals surface area contributed by atoms with Crippen LogP contribution in [-0.4, -0.2) is 57.6 Å². The van der Waals surface area contributed by atoms with E-state index in [1.807, 2.05) is 35.2 Å². The van der Waals surface area contributed by atoms with E-state index in [9.17, 15) is 19.7 Å². The van der Waals surface area contributed by atoms with Crippen molar-refractivity contribution in [3.63, 3.8) is 0 Å². The van der Waals surface area contributed by atoms with Gasteiger partial charge in [0.15, 0.2) is 0 Å². The molecule has 3 aromatic rings. The van der Waals surface area contributed by atoms with Gasteiger partial charge in [-0.1, -0.05) is 30.3 Å². The molecule has 2 heterocycles. The highest BCUT2D eigenvalue weighted by atomic mass is 16.6. The van der Waals surface area contributed by atoms with Gasteiger partial charge >= 0.3 is 0 Å². The minimum Gasteiger partial charge on any atom is -0.362 e. The SMILES string of the molecule is CC(=O)N1CCN(c2ccc(C(=O)Nc3cnn(Cc4ccccc4)c3)cc2[N+](=O)[O-])CC1. The van der Waals surface area contributed by atoms with Gasteiger partial charge in [-0.2, -0.15) is 5.10 Å². The Morgan fingerprint density at radius 2 is 1.82 bits per heavy atom. The molecule has 0 spiro atoms. The zero-order chi connectivity index (χ0) is 23.4. The van der Waals surface area contributed by atoms with Crippen LogP contribution in [0.4, 0.5) is 17.1 Å². The number of nitrogens with one attached hydrogen (secondary N) is 1. The van der Waals surface area contributed by atoms with E-state index in [1.54, 1.807) is 27.9 Å². The minimum atomic E-state index is -0.485. The van der Waals surface area contributed by atoms with Gasteiger partial charge in [-0.05, 0) is 17.7 Å². The summed E-state index contributed by atoms with van der Waals surface area (Å²) in [6, 6.07) is 14.3. The molecule has 10 heteroatoms. The van der Waals surface area contributed by atoms with Crippen molar-refractivity contribution in [2.75, 3.05) is 36.4 Å². The molecule has 0 saturated carbocycles. The summed E-state index contributed by atoms with van der Waals surface area (Å²) in [7, 11) is 0. The molecule has 1 aromatic heterocycles. The van der Waals surface area contributed by atoms with E-state index >= 15 is 0 Å². The summed E-state index contributed by atoms with van der Waals surface area (Å²) in [4.78, 5) is 39.1. The summed E-state index contributed by atoms with van der Waals surface area (Å²) in [5.41, 5.74) is 2.06. The number of nitro groups is 1. The van der Waals surface area contributed by atoms with Gasteiger partial charge in [0.2, 0.25) is 5.91 Å². The van der Waals surface area contributed by atoms with E-state index in [0.29, 0.717) is 44.1 Å². The molecule has 170 valence electrons. The lowest BCUT2D eigenvalue weighted by molar-refractivity contribution is -0.384. The highest BCUT2D eigenvalue weighted by molar-refractivity contribution is 6.05. The molecular formula is C23H24N6O4. The van der Waals surface area contributed by atoms with Crippen LogP contribution in [-0.2, 0) is 11.3 Å². The Morgan fingerprint density at radius 3 is 2.48 bits per heavy atom. The molecule has 1 aliphatic rings. The molecule has 1 fully saturated rings. The summed E-state index contributed by atoms with van der Waals surface area (Å²) in [5, 5.41) is 18.7. The first-order valence-electron chi connectivity index (χ1n) is 10.6. The molecule has 0 atom stereocenters. The predicted octanol–water partition coefficient (Wildman–Crippen LogP) is 2.76. The fourth-order valence-electron chi connectivity index (χ4n) is 3.83. The van der Waals surface area contributed by atoms with E-state index in [1.165, 1.54) is 19.2 Å². The molecule has 0 unspecified atom stereocenters. The second-order valence-electron chi connectivity index (χ2n) is 7.82. The lowest BCUT2D eigenvalue weighted by Crippen LogP contribution is -2.48. The van der Waals surface area contributed by atoms with Gasteiger partial charge < -0.3 is 15.1 Å². The Balaban J connectivity index is 1.46. The van der Waals surface area contributed by atoms with Gasteiger partial charge in [-0.25, -0.2) is 0 Å². The molecule has 1 N–H and O–H groups in total. The monoisotopic (exact) mass is 448 g/mol. The van der Waals surface area contributed by atoms with E-state index in [4.69, 9.17) is 0 Å². The van der Waals surface area contributed by atoms with Gasteiger partial charge in [0, 0.05) is 50.9 Å². The lowest BCUT2D eigenvalue weighted by Gasteiger charge is -2.35. The molecular weight excluding hydrogens is 424 g/mol. The van der Waals surface area contributed by atoms with Crippen molar-refractivity contribution in [3.05, 3.63) is 82.2 Å². The highest BCUT2D eigenvalue weighted by Crippen LogP contribution is 2.30. The zero-order valence-electron chi connectivity index (χ0n) is 18.2. The van der Waals surface area contributed by atoms with Gasteiger partial charge in [0.25, 0.3) is 11.6 Å². The number of benzene rings is 2. The van der Waals surface area contributed by atoms with Gasteiger partial charge in [-0.15, -0.1) is 0 Å². The molecule has 2 aromatic carbocycles. The number of hydrogen-bond donors (Lipinski definition) is 1. The minimum absolute atomic E-state index is 0.0109. The Hall–Kier alpha value is -4.21. The van der Waals surface area contributed by atoms with Gasteiger partial charge in [0.05, 0.1) is 23.4 Å². The van der Waals surface area contributed by atoms with Gasteiger partial charge in [0.1, 0.15) is 5.69 Å². The van der Waals surface area contributed by atoms with Crippen LogP contribution >= 0.6 is 0 Å². The van der Waals surface area contributed by atoms with Crippen LogP contribution in [0, 0.1) is 10.1 Å². The number of aromatic nitrogens is 2. The number of hydrogen-bond acceptors (Lipinski definition) is 6. The topological polar surface area (TPSA) is 114 Å². The average molecular weight is 448 g/mol. The maximum atomic E-state index is 12.7. The number of carbonyl (C=O) groups is 2. The van der Waals surface area contributed by atoms with Crippen LogP contribution in [0.3, 0.4) is 0 Å². The molecule has 33 heavy (non-hydrogen) atoms. The highest BCUT2D eigenvalue weighted by Gasteiger charge is 2.26. The first-order valence-corrected chi connectivity index (χ1v) is 10.6. The second kappa shape index (κ2) is 9.51. The van der Waals surface area contributed by atoms with Crippen LogP contribution in [0.1, 0.15) is 22.8 Å². The van der Waals surface area contributed by atoms with Crippen molar-refractivity contribution < 1.29 is 14.5 Å². The summed E-state index contributed by atoms with van der Waals surface area (Å²) in [6.07, 6.45) is 3.25. The van der Waals surface area contributed by atoms with Crippen molar-refractivity contribution in [3.8, 4) is 0 Å².